The molecule has 0 saturated heterocycles. The van der Waals surface area contributed by atoms with Gasteiger partial charge in [-0.15, -0.1) is 0 Å². The van der Waals surface area contributed by atoms with Crippen LogP contribution in [0.1, 0.15) is 17.7 Å². The number of aromatic nitrogens is 1. The maximum absolute atomic E-state index is 13.4. The number of pyridine rings is 1. The van der Waals surface area contributed by atoms with Crippen molar-refractivity contribution in [1.82, 2.24) is 4.98 Å². The standard InChI is InChI=1S/C25H11BrF2N2O3.Re/c26-22-19(12-32)20(13-33)23(15-3-8-18(28)9-4-15)30-25(22)24-16(11-31)5-10-21(29-24)14-1-6-17(27)7-2-14;/h1-4,6-10H,5H2;. The Balaban J connectivity index is 0.00000324. The summed E-state index contributed by atoms with van der Waals surface area (Å²) >= 11 is 3.27. The molecule has 1 radical (unpaired) electrons. The second kappa shape index (κ2) is 10.7. The predicted molar refractivity (Wildman–Crippen MR) is 121 cm³/mol. The molecule has 4 rings (SSSR count). The summed E-state index contributed by atoms with van der Waals surface area (Å²) in [4.78, 5) is 44.1. The van der Waals surface area contributed by atoms with Crippen LogP contribution in [0.5, 0.6) is 0 Å². The fourth-order valence-corrected chi connectivity index (χ4v) is 3.91. The van der Waals surface area contributed by atoms with Gasteiger partial charge in [0.15, 0.2) is 0 Å². The molecule has 167 valence electrons. The minimum absolute atomic E-state index is 0. The Morgan fingerprint density at radius 3 is 1.85 bits per heavy atom. The zero-order chi connectivity index (χ0) is 23.5. The quantitative estimate of drug-likeness (QED) is 0.397. The third-order valence-electron chi connectivity index (χ3n) is 4.96. The molecule has 0 bridgehead atoms. The molecule has 0 spiro atoms. The van der Waals surface area contributed by atoms with E-state index in [0.29, 0.717) is 16.8 Å². The topological polar surface area (TPSA) is 76.5 Å². The van der Waals surface area contributed by atoms with Gasteiger partial charge in [-0.3, -0.25) is 0 Å². The molecule has 0 N–H and O–H groups in total. The molecule has 2 aromatic carbocycles. The monoisotopic (exact) mass is 691 g/mol. The fraction of sp³-hybridized carbons (Fsp3) is 0.0400. The van der Waals surface area contributed by atoms with Gasteiger partial charge in [0.25, 0.3) is 0 Å². The van der Waals surface area contributed by atoms with Gasteiger partial charge in [-0.1, -0.05) is 6.08 Å². The van der Waals surface area contributed by atoms with Crippen LogP contribution in [-0.4, -0.2) is 28.5 Å². The number of halogens is 3. The molecule has 0 fully saturated rings. The van der Waals surface area contributed by atoms with Crippen molar-refractivity contribution in [2.75, 3.05) is 0 Å². The van der Waals surface area contributed by atoms with Crippen molar-refractivity contribution in [3.63, 3.8) is 0 Å². The Bertz CT molecular complexity index is 1570. The molecule has 34 heavy (non-hydrogen) atoms. The molecule has 0 aliphatic carbocycles. The first kappa shape index (κ1) is 25.2. The van der Waals surface area contributed by atoms with E-state index in [-0.39, 0.29) is 64.4 Å². The summed E-state index contributed by atoms with van der Waals surface area (Å²) < 4.78 is 26.9. The maximum Gasteiger partial charge on any atom is 0.136 e. The first-order valence-corrected chi connectivity index (χ1v) is 10.3. The zero-order valence-corrected chi connectivity index (χ0v) is 21.3. The van der Waals surface area contributed by atoms with Crippen LogP contribution in [0, 0.1) is 11.6 Å². The van der Waals surface area contributed by atoms with Gasteiger partial charge in [-0.25, -0.2) is 33.1 Å². The van der Waals surface area contributed by atoms with E-state index in [1.165, 1.54) is 36.4 Å². The Kier molecular flexibility index (Phi) is 7.94. The molecular weight excluding hydrogens is 680 g/mol. The molecule has 2 heterocycles. The SMILES string of the molecule is O=C=C1CC=C(c2ccc(F)cc2)N=C1c1nc(-c2ccc(F)cc2)c(=C=O)c(=C=O)c1Br.[Re]. The smallest absolute Gasteiger partial charge is 0.136 e. The summed E-state index contributed by atoms with van der Waals surface area (Å²) in [5.74, 6) is 4.34. The number of benzene rings is 2. The van der Waals surface area contributed by atoms with Crippen molar-refractivity contribution in [2.24, 2.45) is 4.99 Å². The summed E-state index contributed by atoms with van der Waals surface area (Å²) in [7, 11) is 0. The molecular formula is C25H11BrF2N2O3Re. The third-order valence-corrected chi connectivity index (χ3v) is 5.74. The Labute approximate surface area is 213 Å². The van der Waals surface area contributed by atoms with Crippen LogP contribution in [0.4, 0.5) is 8.78 Å². The van der Waals surface area contributed by atoms with Crippen molar-refractivity contribution in [3.8, 4) is 11.3 Å². The van der Waals surface area contributed by atoms with E-state index in [4.69, 9.17) is 0 Å². The van der Waals surface area contributed by atoms with E-state index in [1.807, 2.05) is 5.94 Å². The van der Waals surface area contributed by atoms with Crippen molar-refractivity contribution in [2.45, 2.75) is 6.42 Å². The van der Waals surface area contributed by atoms with Gasteiger partial charge in [0, 0.05) is 38.0 Å². The third kappa shape index (κ3) is 4.77. The van der Waals surface area contributed by atoms with E-state index in [1.54, 1.807) is 30.1 Å². The van der Waals surface area contributed by atoms with Gasteiger partial charge in [0.1, 0.15) is 46.1 Å². The predicted octanol–water partition coefficient (Wildman–Crippen LogP) is 2.79. The number of hydrogen-bond acceptors (Lipinski definition) is 5. The number of carbonyl (C=O) groups excluding carboxylic acids is 3. The van der Waals surface area contributed by atoms with E-state index >= 15 is 0 Å². The van der Waals surface area contributed by atoms with Crippen LogP contribution in [-0.2, 0) is 34.8 Å². The minimum Gasteiger partial charge on any atom is -0.245 e. The van der Waals surface area contributed by atoms with Crippen LogP contribution in [0.2, 0.25) is 0 Å². The molecule has 0 saturated carbocycles. The largest absolute Gasteiger partial charge is 0.245 e. The Morgan fingerprint density at radius 1 is 0.765 bits per heavy atom. The molecule has 0 unspecified atom stereocenters. The molecule has 0 amide bonds. The van der Waals surface area contributed by atoms with Crippen LogP contribution in [0.25, 0.3) is 17.0 Å². The minimum atomic E-state index is -0.494. The Morgan fingerprint density at radius 2 is 1.32 bits per heavy atom. The summed E-state index contributed by atoms with van der Waals surface area (Å²) in [5, 5.41) is -0.338. The van der Waals surface area contributed by atoms with Gasteiger partial charge < -0.3 is 0 Å². The molecule has 0 atom stereocenters. The van der Waals surface area contributed by atoms with Gasteiger partial charge in [-0.2, -0.15) is 0 Å². The fourth-order valence-electron chi connectivity index (χ4n) is 3.35. The average Bonchev–Trinajstić information content (AvgIpc) is 2.84. The van der Waals surface area contributed by atoms with E-state index < -0.39 is 11.6 Å². The first-order valence-electron chi connectivity index (χ1n) is 9.52. The summed E-state index contributed by atoms with van der Waals surface area (Å²) in [6.45, 7) is 0. The van der Waals surface area contributed by atoms with Gasteiger partial charge >= 0.3 is 0 Å². The van der Waals surface area contributed by atoms with Gasteiger partial charge in [0.05, 0.1) is 26.7 Å². The van der Waals surface area contributed by atoms with Gasteiger partial charge in [0.2, 0.25) is 0 Å². The first-order chi connectivity index (χ1) is 16.0. The van der Waals surface area contributed by atoms with Crippen molar-refractivity contribution < 1.29 is 43.6 Å². The second-order valence-electron chi connectivity index (χ2n) is 6.93. The molecule has 1 aliphatic heterocycles. The Hall–Kier alpha value is -3.39. The zero-order valence-electron chi connectivity index (χ0n) is 17.0. The van der Waals surface area contributed by atoms with Crippen LogP contribution in [0.15, 0.2) is 69.6 Å². The molecule has 1 aliphatic rings. The number of hydrogen-bond donors (Lipinski definition) is 0. The number of allylic oxidation sites excluding steroid dienone is 2. The van der Waals surface area contributed by atoms with E-state index in [2.05, 4.69) is 25.9 Å². The van der Waals surface area contributed by atoms with E-state index in [9.17, 15) is 23.2 Å². The maximum atomic E-state index is 13.4. The molecule has 5 nitrogen and oxygen atoms in total. The number of rotatable bonds is 3. The van der Waals surface area contributed by atoms with Crippen LogP contribution < -0.4 is 10.4 Å². The summed E-state index contributed by atoms with van der Waals surface area (Å²) in [6.07, 6.45) is 1.85. The van der Waals surface area contributed by atoms with Crippen molar-refractivity contribution in [1.29, 1.82) is 0 Å². The number of aliphatic imine (C=N–C) groups is 1. The average molecular weight is 691 g/mol. The normalized spacial score (nSPS) is 12.5. The van der Waals surface area contributed by atoms with Crippen LogP contribution >= 0.6 is 15.9 Å². The van der Waals surface area contributed by atoms with Crippen LogP contribution in [0.3, 0.4) is 0 Å². The van der Waals surface area contributed by atoms with Crippen molar-refractivity contribution >= 4 is 45.2 Å². The second-order valence-corrected chi connectivity index (χ2v) is 7.72. The molecule has 1 aromatic heterocycles. The summed E-state index contributed by atoms with van der Waals surface area (Å²) in [6, 6.07) is 10.8. The molecule has 9 heteroatoms. The summed E-state index contributed by atoms with van der Waals surface area (Å²) in [5.41, 5.74) is 1.85. The van der Waals surface area contributed by atoms with Crippen molar-refractivity contribution in [3.05, 3.63) is 98.0 Å². The van der Waals surface area contributed by atoms with E-state index in [0.717, 1.165) is 0 Å². The van der Waals surface area contributed by atoms with Gasteiger partial charge in [-0.05, 0) is 64.5 Å². The number of nitrogens with zero attached hydrogens (tertiary/aromatic N) is 2. The molecule has 3 aromatic rings.